The van der Waals surface area contributed by atoms with Gasteiger partial charge in [0, 0.05) is 18.7 Å². The van der Waals surface area contributed by atoms with Gasteiger partial charge in [0.2, 0.25) is 5.88 Å². The minimum atomic E-state index is 0.609. The summed E-state index contributed by atoms with van der Waals surface area (Å²) in [4.78, 5) is 0. The summed E-state index contributed by atoms with van der Waals surface area (Å²) in [6.07, 6.45) is 4.58. The molecule has 1 aromatic carbocycles. The van der Waals surface area contributed by atoms with Gasteiger partial charge in [-0.25, -0.2) is 0 Å². The molecule has 3 rings (SSSR count). The van der Waals surface area contributed by atoms with Crippen molar-refractivity contribution in [2.24, 2.45) is 0 Å². The molecule has 0 amide bonds. The summed E-state index contributed by atoms with van der Waals surface area (Å²) in [6.45, 7) is 1.47. The Labute approximate surface area is 125 Å². The van der Waals surface area contributed by atoms with Crippen molar-refractivity contribution in [3.63, 3.8) is 0 Å². The predicted octanol–water partition coefficient (Wildman–Crippen LogP) is 2.74. The summed E-state index contributed by atoms with van der Waals surface area (Å²) in [5.41, 5.74) is 2.31. The fraction of sp³-hybridized carbons (Fsp3) is 0.412. The molecule has 1 aliphatic carbocycles. The van der Waals surface area contributed by atoms with Gasteiger partial charge in [-0.15, -0.1) is 5.10 Å². The van der Waals surface area contributed by atoms with Crippen molar-refractivity contribution in [3.05, 3.63) is 53.7 Å². The molecule has 4 nitrogen and oxygen atoms in total. The average Bonchev–Trinajstić information content (AvgIpc) is 3.36. The Morgan fingerprint density at radius 2 is 1.90 bits per heavy atom. The van der Waals surface area contributed by atoms with Crippen LogP contribution in [0.25, 0.3) is 0 Å². The minimum Gasteiger partial charge on any atom is -0.477 e. The van der Waals surface area contributed by atoms with Crippen LogP contribution in [0.3, 0.4) is 0 Å². The highest BCUT2D eigenvalue weighted by Gasteiger charge is 2.20. The zero-order valence-electron chi connectivity index (χ0n) is 12.2. The van der Waals surface area contributed by atoms with E-state index < -0.39 is 0 Å². The van der Waals surface area contributed by atoms with E-state index in [-0.39, 0.29) is 0 Å². The van der Waals surface area contributed by atoms with E-state index in [2.05, 4.69) is 39.8 Å². The van der Waals surface area contributed by atoms with Gasteiger partial charge < -0.3 is 10.1 Å². The summed E-state index contributed by atoms with van der Waals surface area (Å²) in [7, 11) is 0. The molecule has 4 heteroatoms. The summed E-state index contributed by atoms with van der Waals surface area (Å²) in [5.74, 6) is 0.609. The molecule has 1 fully saturated rings. The zero-order chi connectivity index (χ0) is 14.3. The first-order valence-electron chi connectivity index (χ1n) is 7.63. The van der Waals surface area contributed by atoms with Gasteiger partial charge in [0.15, 0.2) is 0 Å². The van der Waals surface area contributed by atoms with Crippen LogP contribution in [0.5, 0.6) is 5.88 Å². The molecule has 110 valence electrons. The van der Waals surface area contributed by atoms with Gasteiger partial charge in [0.05, 0.1) is 12.3 Å². The molecule has 1 saturated carbocycles. The third-order valence-electron chi connectivity index (χ3n) is 3.55. The number of hydrogen-bond donors (Lipinski definition) is 1. The van der Waals surface area contributed by atoms with E-state index >= 15 is 0 Å². The molecule has 0 bridgehead atoms. The van der Waals surface area contributed by atoms with Crippen molar-refractivity contribution in [2.45, 2.75) is 38.3 Å². The van der Waals surface area contributed by atoms with Crippen LogP contribution in [0, 0.1) is 0 Å². The van der Waals surface area contributed by atoms with Crippen LogP contribution < -0.4 is 10.1 Å². The van der Waals surface area contributed by atoms with E-state index in [0.717, 1.165) is 25.1 Å². The second kappa shape index (κ2) is 7.18. The lowest BCUT2D eigenvalue weighted by molar-refractivity contribution is 0.295. The van der Waals surface area contributed by atoms with E-state index in [0.29, 0.717) is 18.5 Å². The van der Waals surface area contributed by atoms with Gasteiger partial charge in [0.25, 0.3) is 0 Å². The highest BCUT2D eigenvalue weighted by Crippen LogP contribution is 2.19. The molecular weight excluding hydrogens is 262 g/mol. The number of hydrogen-bond acceptors (Lipinski definition) is 4. The maximum Gasteiger partial charge on any atom is 0.233 e. The van der Waals surface area contributed by atoms with Gasteiger partial charge >= 0.3 is 0 Å². The van der Waals surface area contributed by atoms with Crippen molar-refractivity contribution in [2.75, 3.05) is 6.61 Å². The fourth-order valence-corrected chi connectivity index (χ4v) is 2.15. The van der Waals surface area contributed by atoms with Crippen molar-refractivity contribution in [1.29, 1.82) is 0 Å². The number of nitrogens with one attached hydrogen (secondary N) is 1. The van der Waals surface area contributed by atoms with Crippen molar-refractivity contribution < 1.29 is 4.74 Å². The number of benzene rings is 1. The van der Waals surface area contributed by atoms with E-state index in [1.54, 1.807) is 0 Å². The number of aromatic nitrogens is 2. The largest absolute Gasteiger partial charge is 0.477 e. The van der Waals surface area contributed by atoms with Gasteiger partial charge in [-0.1, -0.05) is 30.3 Å². The zero-order valence-corrected chi connectivity index (χ0v) is 12.2. The third kappa shape index (κ3) is 4.83. The normalized spacial score (nSPS) is 14.1. The van der Waals surface area contributed by atoms with Crippen LogP contribution in [0.1, 0.15) is 30.5 Å². The Morgan fingerprint density at radius 3 is 2.62 bits per heavy atom. The Bertz CT molecular complexity index is 538. The lowest BCUT2D eigenvalue weighted by Gasteiger charge is -2.06. The molecular formula is C17H21N3O. The maximum absolute atomic E-state index is 5.63. The molecule has 0 radical (unpaired) electrons. The molecule has 0 saturated heterocycles. The lowest BCUT2D eigenvalue weighted by atomic mass is 10.1. The number of aryl methyl sites for hydroxylation is 1. The molecule has 1 aliphatic rings. The topological polar surface area (TPSA) is 47.0 Å². The second-order valence-electron chi connectivity index (χ2n) is 5.46. The third-order valence-corrected chi connectivity index (χ3v) is 3.55. The first kappa shape index (κ1) is 14.0. The molecule has 1 heterocycles. The molecule has 2 aromatic rings. The molecule has 0 spiro atoms. The van der Waals surface area contributed by atoms with Crippen LogP contribution in [-0.2, 0) is 13.0 Å². The van der Waals surface area contributed by atoms with Crippen LogP contribution in [0.4, 0.5) is 0 Å². The van der Waals surface area contributed by atoms with Crippen LogP contribution in [0.2, 0.25) is 0 Å². The van der Waals surface area contributed by atoms with Crippen molar-refractivity contribution in [3.8, 4) is 5.88 Å². The van der Waals surface area contributed by atoms with Crippen molar-refractivity contribution >= 4 is 0 Å². The van der Waals surface area contributed by atoms with Gasteiger partial charge in [-0.3, -0.25) is 0 Å². The Morgan fingerprint density at radius 1 is 1.05 bits per heavy atom. The second-order valence-corrected chi connectivity index (χ2v) is 5.46. The Kier molecular flexibility index (Phi) is 4.79. The molecule has 0 aliphatic heterocycles. The number of nitrogens with zero attached hydrogens (tertiary/aromatic N) is 2. The molecule has 0 unspecified atom stereocenters. The molecule has 1 aromatic heterocycles. The first-order chi connectivity index (χ1) is 10.4. The summed E-state index contributed by atoms with van der Waals surface area (Å²) >= 11 is 0. The molecule has 1 N–H and O–H groups in total. The van der Waals surface area contributed by atoms with Crippen molar-refractivity contribution in [1.82, 2.24) is 15.5 Å². The molecule has 0 atom stereocenters. The van der Waals surface area contributed by atoms with Crippen LogP contribution in [-0.4, -0.2) is 22.8 Å². The lowest BCUT2D eigenvalue weighted by Crippen LogP contribution is -2.16. The van der Waals surface area contributed by atoms with Crippen LogP contribution >= 0.6 is 0 Å². The number of ether oxygens (including phenoxy) is 1. The van der Waals surface area contributed by atoms with Gasteiger partial charge in [-0.2, -0.15) is 5.10 Å². The maximum atomic E-state index is 5.63. The Balaban J connectivity index is 1.36. The van der Waals surface area contributed by atoms with E-state index in [1.807, 2.05) is 18.2 Å². The SMILES string of the molecule is c1ccc(CCCOc2ccc(CNC3CC3)nn2)cc1. The minimum absolute atomic E-state index is 0.609. The van der Waals surface area contributed by atoms with E-state index in [4.69, 9.17) is 4.74 Å². The summed E-state index contributed by atoms with van der Waals surface area (Å²) in [5, 5.41) is 11.7. The van der Waals surface area contributed by atoms with Gasteiger partial charge in [0.1, 0.15) is 0 Å². The monoisotopic (exact) mass is 283 g/mol. The highest BCUT2D eigenvalue weighted by atomic mass is 16.5. The quantitative estimate of drug-likeness (QED) is 0.757. The predicted molar refractivity (Wildman–Crippen MR) is 82.2 cm³/mol. The van der Waals surface area contributed by atoms with Crippen LogP contribution in [0.15, 0.2) is 42.5 Å². The summed E-state index contributed by atoms with van der Waals surface area (Å²) < 4.78 is 5.63. The standard InChI is InChI=1S/C17H21N3O/c1-2-5-14(6-3-1)7-4-12-21-17-11-10-16(19-20-17)13-18-15-8-9-15/h1-3,5-6,10-11,15,18H,4,7-9,12-13H2. The Hall–Kier alpha value is -1.94. The first-order valence-corrected chi connectivity index (χ1v) is 7.63. The van der Waals surface area contributed by atoms with Gasteiger partial charge in [-0.05, 0) is 37.3 Å². The van der Waals surface area contributed by atoms with E-state index in [9.17, 15) is 0 Å². The fourth-order valence-electron chi connectivity index (χ4n) is 2.15. The summed E-state index contributed by atoms with van der Waals surface area (Å²) in [6, 6.07) is 15.0. The number of rotatable bonds is 8. The smallest absolute Gasteiger partial charge is 0.233 e. The average molecular weight is 283 g/mol. The molecule has 21 heavy (non-hydrogen) atoms. The van der Waals surface area contributed by atoms with E-state index in [1.165, 1.54) is 18.4 Å². The highest BCUT2D eigenvalue weighted by molar-refractivity contribution is 5.15.